The van der Waals surface area contributed by atoms with Gasteiger partial charge in [-0.25, -0.2) is 4.98 Å². The van der Waals surface area contributed by atoms with Gasteiger partial charge >= 0.3 is 0 Å². The number of amides is 2. The van der Waals surface area contributed by atoms with E-state index in [1.54, 1.807) is 17.2 Å². The summed E-state index contributed by atoms with van der Waals surface area (Å²) in [5, 5.41) is 2.72. The molecule has 3 heterocycles. The summed E-state index contributed by atoms with van der Waals surface area (Å²) >= 11 is 3.29. The molecule has 2 aliphatic heterocycles. The lowest BCUT2D eigenvalue weighted by atomic mass is 10.2. The average molecular weight is 296 g/mol. The summed E-state index contributed by atoms with van der Waals surface area (Å²) in [5.41, 5.74) is 0.456. The zero-order valence-electron chi connectivity index (χ0n) is 8.94. The Bertz CT molecular complexity index is 517. The highest BCUT2D eigenvalue weighted by Gasteiger charge is 2.38. The third kappa shape index (κ3) is 1.63. The molecule has 0 radical (unpaired) electrons. The highest BCUT2D eigenvalue weighted by atomic mass is 79.9. The molecule has 0 unspecified atom stereocenters. The van der Waals surface area contributed by atoms with Crippen LogP contribution in [0.1, 0.15) is 23.2 Å². The van der Waals surface area contributed by atoms with E-state index in [0.29, 0.717) is 17.9 Å². The van der Waals surface area contributed by atoms with Crippen LogP contribution in [0.3, 0.4) is 0 Å². The molecule has 1 N–H and O–H groups in total. The van der Waals surface area contributed by atoms with Crippen molar-refractivity contribution in [1.29, 1.82) is 0 Å². The molecule has 5 nitrogen and oxygen atoms in total. The minimum Gasteiger partial charge on any atom is -0.326 e. The number of nitrogens with one attached hydrogen (secondary N) is 1. The maximum atomic E-state index is 12.3. The van der Waals surface area contributed by atoms with Crippen LogP contribution in [0.4, 0.5) is 5.82 Å². The summed E-state index contributed by atoms with van der Waals surface area (Å²) in [6.07, 6.45) is 3.18. The first-order valence-electron chi connectivity index (χ1n) is 5.44. The number of fused-ring (bicyclic) bond motifs is 2. The SMILES string of the molecule is O=C1Nc2ncc(Br)cc2C(=O)N2CCC[C@@H]12. The van der Waals surface area contributed by atoms with Crippen LogP contribution >= 0.6 is 15.9 Å². The Balaban J connectivity index is 2.12. The zero-order chi connectivity index (χ0) is 12.0. The van der Waals surface area contributed by atoms with Crippen molar-refractivity contribution >= 4 is 33.6 Å². The van der Waals surface area contributed by atoms with Crippen LogP contribution in [0.5, 0.6) is 0 Å². The van der Waals surface area contributed by atoms with Crippen LogP contribution in [-0.2, 0) is 4.79 Å². The Morgan fingerprint density at radius 3 is 3.12 bits per heavy atom. The van der Waals surface area contributed by atoms with Gasteiger partial charge in [0, 0.05) is 17.2 Å². The van der Waals surface area contributed by atoms with Crippen molar-refractivity contribution in [3.8, 4) is 0 Å². The van der Waals surface area contributed by atoms with Gasteiger partial charge in [0.2, 0.25) is 5.91 Å². The van der Waals surface area contributed by atoms with Crippen LogP contribution in [-0.4, -0.2) is 34.3 Å². The normalized spacial score (nSPS) is 22.9. The molecule has 2 amide bonds. The fourth-order valence-electron chi connectivity index (χ4n) is 2.34. The molecule has 1 aromatic heterocycles. The van der Waals surface area contributed by atoms with Gasteiger partial charge in [-0.3, -0.25) is 9.59 Å². The number of aromatic nitrogens is 1. The molecule has 3 rings (SSSR count). The molecule has 0 bridgehead atoms. The molecule has 1 atom stereocenters. The number of rotatable bonds is 0. The second-order valence-electron chi connectivity index (χ2n) is 4.20. The Hall–Kier alpha value is -1.43. The second kappa shape index (κ2) is 3.80. The van der Waals surface area contributed by atoms with E-state index in [0.717, 1.165) is 17.3 Å². The van der Waals surface area contributed by atoms with E-state index in [9.17, 15) is 9.59 Å². The van der Waals surface area contributed by atoms with Crippen molar-refractivity contribution in [2.24, 2.45) is 0 Å². The van der Waals surface area contributed by atoms with E-state index in [1.807, 2.05) is 0 Å². The predicted molar refractivity (Wildman–Crippen MR) is 64.6 cm³/mol. The molecule has 0 aliphatic carbocycles. The maximum Gasteiger partial charge on any atom is 0.258 e. The molecule has 1 fully saturated rings. The Morgan fingerprint density at radius 1 is 1.47 bits per heavy atom. The standard InChI is InChI=1S/C11H10BrN3O2/c12-6-4-7-9(13-5-6)14-10(16)8-2-1-3-15(8)11(7)17/h4-5,8H,1-3H2,(H,13,14,16)/t8-/m0/s1. The van der Waals surface area contributed by atoms with Gasteiger partial charge in [-0.1, -0.05) is 0 Å². The molecule has 1 saturated heterocycles. The number of carbonyl (C=O) groups is 2. The van der Waals surface area contributed by atoms with Gasteiger partial charge in [-0.2, -0.15) is 0 Å². The van der Waals surface area contributed by atoms with Crippen molar-refractivity contribution < 1.29 is 9.59 Å². The number of hydrogen-bond acceptors (Lipinski definition) is 3. The van der Waals surface area contributed by atoms with Crippen molar-refractivity contribution in [2.45, 2.75) is 18.9 Å². The fourth-order valence-corrected chi connectivity index (χ4v) is 2.67. The summed E-state index contributed by atoms with van der Waals surface area (Å²) in [6, 6.07) is 1.36. The Morgan fingerprint density at radius 2 is 2.29 bits per heavy atom. The molecule has 1 aromatic rings. The minimum absolute atomic E-state index is 0.116. The quantitative estimate of drug-likeness (QED) is 0.787. The second-order valence-corrected chi connectivity index (χ2v) is 5.11. The van der Waals surface area contributed by atoms with Crippen LogP contribution in [0.2, 0.25) is 0 Å². The van der Waals surface area contributed by atoms with Crippen LogP contribution < -0.4 is 5.32 Å². The van der Waals surface area contributed by atoms with Gasteiger partial charge in [0.1, 0.15) is 11.9 Å². The number of pyridine rings is 1. The van der Waals surface area contributed by atoms with Gasteiger partial charge in [0.25, 0.3) is 5.91 Å². The van der Waals surface area contributed by atoms with Crippen molar-refractivity contribution in [3.05, 3.63) is 22.3 Å². The maximum absolute atomic E-state index is 12.3. The number of nitrogens with zero attached hydrogens (tertiary/aromatic N) is 2. The Labute approximate surface area is 106 Å². The first-order valence-corrected chi connectivity index (χ1v) is 6.23. The predicted octanol–water partition coefficient (Wildman–Crippen LogP) is 1.40. The first-order chi connectivity index (χ1) is 8.16. The van der Waals surface area contributed by atoms with E-state index in [4.69, 9.17) is 0 Å². The average Bonchev–Trinajstić information content (AvgIpc) is 2.76. The van der Waals surface area contributed by atoms with Crippen molar-refractivity contribution in [1.82, 2.24) is 9.88 Å². The number of hydrogen-bond donors (Lipinski definition) is 1. The summed E-state index contributed by atoms with van der Waals surface area (Å²) in [5.74, 6) is 0.108. The van der Waals surface area contributed by atoms with Gasteiger partial charge in [-0.05, 0) is 34.8 Å². The Kier molecular flexibility index (Phi) is 2.39. The lowest BCUT2D eigenvalue weighted by molar-refractivity contribution is -0.119. The van der Waals surface area contributed by atoms with E-state index in [-0.39, 0.29) is 17.9 Å². The molecule has 2 aliphatic rings. The smallest absolute Gasteiger partial charge is 0.258 e. The highest BCUT2D eigenvalue weighted by molar-refractivity contribution is 9.10. The topological polar surface area (TPSA) is 62.3 Å². The molecule has 0 aromatic carbocycles. The molecular weight excluding hydrogens is 286 g/mol. The zero-order valence-corrected chi connectivity index (χ0v) is 10.5. The van der Waals surface area contributed by atoms with Crippen molar-refractivity contribution in [3.63, 3.8) is 0 Å². The molecule has 88 valence electrons. The van der Waals surface area contributed by atoms with Gasteiger partial charge < -0.3 is 10.2 Å². The highest BCUT2D eigenvalue weighted by Crippen LogP contribution is 2.28. The minimum atomic E-state index is -0.338. The number of halogens is 1. The van der Waals surface area contributed by atoms with Gasteiger partial charge in [0.05, 0.1) is 5.56 Å². The van der Waals surface area contributed by atoms with E-state index >= 15 is 0 Å². The summed E-state index contributed by atoms with van der Waals surface area (Å²) in [7, 11) is 0. The lowest BCUT2D eigenvalue weighted by Gasteiger charge is -2.19. The molecule has 0 saturated carbocycles. The molecule has 0 spiro atoms. The fraction of sp³-hybridized carbons (Fsp3) is 0.364. The largest absolute Gasteiger partial charge is 0.326 e. The number of anilines is 1. The summed E-state index contributed by atoms with van der Waals surface area (Å²) < 4.78 is 0.733. The third-order valence-corrected chi connectivity index (χ3v) is 3.58. The summed E-state index contributed by atoms with van der Waals surface area (Å²) in [6.45, 7) is 0.642. The number of carbonyl (C=O) groups excluding carboxylic acids is 2. The first kappa shape index (κ1) is 10.7. The van der Waals surface area contributed by atoms with Gasteiger partial charge in [-0.15, -0.1) is 0 Å². The van der Waals surface area contributed by atoms with E-state index in [1.165, 1.54) is 0 Å². The van der Waals surface area contributed by atoms with Crippen LogP contribution in [0.25, 0.3) is 0 Å². The lowest BCUT2D eigenvalue weighted by Crippen LogP contribution is -2.40. The van der Waals surface area contributed by atoms with Crippen molar-refractivity contribution in [2.75, 3.05) is 11.9 Å². The third-order valence-electron chi connectivity index (χ3n) is 3.14. The van der Waals surface area contributed by atoms with Crippen LogP contribution in [0.15, 0.2) is 16.7 Å². The van der Waals surface area contributed by atoms with E-state index in [2.05, 4.69) is 26.2 Å². The monoisotopic (exact) mass is 295 g/mol. The summed E-state index contributed by atoms with van der Waals surface area (Å²) in [4.78, 5) is 29.9. The molecule has 17 heavy (non-hydrogen) atoms. The molecular formula is C11H10BrN3O2. The van der Waals surface area contributed by atoms with E-state index < -0.39 is 0 Å². The van der Waals surface area contributed by atoms with Crippen LogP contribution in [0, 0.1) is 0 Å². The molecule has 6 heteroatoms. The van der Waals surface area contributed by atoms with Gasteiger partial charge in [0.15, 0.2) is 0 Å².